The van der Waals surface area contributed by atoms with Gasteiger partial charge < -0.3 is 16.0 Å². The number of hydrogen-bond acceptors (Lipinski definition) is 2. The third-order valence-electron chi connectivity index (χ3n) is 3.23. The Balaban J connectivity index is 1.62. The number of urea groups is 1. The van der Waals surface area contributed by atoms with Crippen molar-refractivity contribution in [1.29, 1.82) is 0 Å². The second-order valence-corrected chi connectivity index (χ2v) is 5.49. The molecule has 3 amide bonds. The summed E-state index contributed by atoms with van der Waals surface area (Å²) in [5.41, 5.74) is 0.945. The zero-order valence-electron chi connectivity index (χ0n) is 11.3. The van der Waals surface area contributed by atoms with E-state index in [0.717, 1.165) is 12.0 Å². The van der Waals surface area contributed by atoms with Crippen molar-refractivity contribution in [3.63, 3.8) is 0 Å². The Labute approximate surface area is 123 Å². The minimum absolute atomic E-state index is 0.00429. The summed E-state index contributed by atoms with van der Waals surface area (Å²) in [6.45, 7) is 2.47. The summed E-state index contributed by atoms with van der Waals surface area (Å²) < 4.78 is 0. The van der Waals surface area contributed by atoms with Gasteiger partial charge in [-0.2, -0.15) is 0 Å². The standard InChI is InChI=1S/C14H18ClN3O2/c1-9-6-12(9)18-13(19)8-17-14(20)16-7-10-2-4-11(15)5-3-10/h2-5,9,12H,6-8H2,1H3,(H,18,19)(H2,16,17,20). The molecule has 108 valence electrons. The Bertz CT molecular complexity index is 490. The molecule has 0 radical (unpaired) electrons. The van der Waals surface area contributed by atoms with Gasteiger partial charge in [0.25, 0.3) is 0 Å². The van der Waals surface area contributed by atoms with E-state index < -0.39 is 0 Å². The van der Waals surface area contributed by atoms with E-state index in [1.165, 1.54) is 0 Å². The SMILES string of the molecule is CC1CC1NC(=O)CNC(=O)NCc1ccc(Cl)cc1. The first kappa shape index (κ1) is 14.7. The highest BCUT2D eigenvalue weighted by Gasteiger charge is 2.33. The van der Waals surface area contributed by atoms with E-state index in [1.54, 1.807) is 12.1 Å². The Morgan fingerprint density at radius 3 is 2.50 bits per heavy atom. The average Bonchev–Trinajstić information content (AvgIpc) is 3.11. The lowest BCUT2D eigenvalue weighted by Crippen LogP contribution is -2.42. The summed E-state index contributed by atoms with van der Waals surface area (Å²) in [4.78, 5) is 23.0. The monoisotopic (exact) mass is 295 g/mol. The molecule has 2 unspecified atom stereocenters. The Hall–Kier alpha value is -1.75. The van der Waals surface area contributed by atoms with Crippen LogP contribution in [0, 0.1) is 5.92 Å². The van der Waals surface area contributed by atoms with Gasteiger partial charge in [0, 0.05) is 17.6 Å². The molecule has 1 aromatic carbocycles. The molecule has 0 bridgehead atoms. The largest absolute Gasteiger partial charge is 0.352 e. The predicted molar refractivity (Wildman–Crippen MR) is 77.4 cm³/mol. The van der Waals surface area contributed by atoms with Gasteiger partial charge in [-0.25, -0.2) is 4.79 Å². The summed E-state index contributed by atoms with van der Waals surface area (Å²) >= 11 is 5.77. The van der Waals surface area contributed by atoms with Crippen LogP contribution in [0.1, 0.15) is 18.9 Å². The molecule has 2 rings (SSSR count). The molecule has 20 heavy (non-hydrogen) atoms. The van der Waals surface area contributed by atoms with E-state index >= 15 is 0 Å². The van der Waals surface area contributed by atoms with Crippen molar-refractivity contribution >= 4 is 23.5 Å². The van der Waals surface area contributed by atoms with Crippen LogP contribution < -0.4 is 16.0 Å². The summed E-state index contributed by atoms with van der Waals surface area (Å²) in [6.07, 6.45) is 1.02. The van der Waals surface area contributed by atoms with Crippen LogP contribution in [0.5, 0.6) is 0 Å². The zero-order chi connectivity index (χ0) is 14.5. The number of nitrogens with one attached hydrogen (secondary N) is 3. The molecular weight excluding hydrogens is 278 g/mol. The number of halogens is 1. The van der Waals surface area contributed by atoms with Crippen LogP contribution in [0.15, 0.2) is 24.3 Å². The Morgan fingerprint density at radius 2 is 1.90 bits per heavy atom. The molecule has 2 atom stereocenters. The number of carbonyl (C=O) groups excluding carboxylic acids is 2. The zero-order valence-corrected chi connectivity index (χ0v) is 12.0. The highest BCUT2D eigenvalue weighted by molar-refractivity contribution is 6.30. The van der Waals surface area contributed by atoms with Gasteiger partial charge in [-0.05, 0) is 30.0 Å². The summed E-state index contributed by atoms with van der Waals surface area (Å²) in [5.74, 6) is 0.402. The lowest BCUT2D eigenvalue weighted by Gasteiger charge is -2.08. The van der Waals surface area contributed by atoms with E-state index in [2.05, 4.69) is 22.9 Å². The maximum atomic E-state index is 11.5. The molecule has 6 heteroatoms. The van der Waals surface area contributed by atoms with Crippen LogP contribution in [-0.4, -0.2) is 24.5 Å². The normalized spacial score (nSPS) is 20.1. The Morgan fingerprint density at radius 1 is 1.25 bits per heavy atom. The first-order chi connectivity index (χ1) is 9.54. The fourth-order valence-electron chi connectivity index (χ4n) is 1.79. The summed E-state index contributed by atoms with van der Waals surface area (Å²) in [6, 6.07) is 7.12. The third kappa shape index (κ3) is 4.74. The summed E-state index contributed by atoms with van der Waals surface area (Å²) in [5, 5.41) is 8.70. The molecule has 1 aromatic rings. The fraction of sp³-hybridized carbons (Fsp3) is 0.429. The molecule has 3 N–H and O–H groups in total. The maximum absolute atomic E-state index is 11.5. The quantitative estimate of drug-likeness (QED) is 0.773. The van der Waals surface area contributed by atoms with Crippen molar-refractivity contribution in [3.05, 3.63) is 34.9 Å². The minimum Gasteiger partial charge on any atom is -0.352 e. The Kier molecular flexibility index (Phi) is 4.84. The molecule has 0 heterocycles. The third-order valence-corrected chi connectivity index (χ3v) is 3.48. The number of carbonyl (C=O) groups is 2. The van der Waals surface area contributed by atoms with Gasteiger partial charge in [0.1, 0.15) is 0 Å². The molecular formula is C14H18ClN3O2. The van der Waals surface area contributed by atoms with Crippen LogP contribution in [-0.2, 0) is 11.3 Å². The van der Waals surface area contributed by atoms with E-state index in [4.69, 9.17) is 11.6 Å². The second kappa shape index (κ2) is 6.61. The van der Waals surface area contributed by atoms with Gasteiger partial charge >= 0.3 is 6.03 Å². The van der Waals surface area contributed by atoms with Gasteiger partial charge in [-0.1, -0.05) is 30.7 Å². The molecule has 0 spiro atoms. The molecule has 0 aliphatic heterocycles. The van der Waals surface area contributed by atoms with Crippen molar-refractivity contribution < 1.29 is 9.59 Å². The molecule has 1 aliphatic carbocycles. The van der Waals surface area contributed by atoms with Crippen LogP contribution in [0.3, 0.4) is 0 Å². The molecule has 0 aromatic heterocycles. The number of benzene rings is 1. The maximum Gasteiger partial charge on any atom is 0.315 e. The smallest absolute Gasteiger partial charge is 0.315 e. The number of rotatable bonds is 5. The van der Waals surface area contributed by atoms with E-state index in [-0.39, 0.29) is 24.5 Å². The first-order valence-electron chi connectivity index (χ1n) is 6.60. The predicted octanol–water partition coefficient (Wildman–Crippen LogP) is 1.66. The second-order valence-electron chi connectivity index (χ2n) is 5.05. The van der Waals surface area contributed by atoms with E-state index in [9.17, 15) is 9.59 Å². The minimum atomic E-state index is -0.362. The highest BCUT2D eigenvalue weighted by Crippen LogP contribution is 2.28. The number of hydrogen-bond donors (Lipinski definition) is 3. The average molecular weight is 296 g/mol. The number of amides is 3. The van der Waals surface area contributed by atoms with Gasteiger partial charge in [0.15, 0.2) is 0 Å². The fourth-order valence-corrected chi connectivity index (χ4v) is 1.91. The van der Waals surface area contributed by atoms with Crippen molar-refractivity contribution in [2.45, 2.75) is 25.9 Å². The van der Waals surface area contributed by atoms with Gasteiger partial charge in [0.05, 0.1) is 6.54 Å². The van der Waals surface area contributed by atoms with Crippen molar-refractivity contribution in [2.75, 3.05) is 6.54 Å². The van der Waals surface area contributed by atoms with Crippen molar-refractivity contribution in [3.8, 4) is 0 Å². The van der Waals surface area contributed by atoms with Crippen molar-refractivity contribution in [2.24, 2.45) is 5.92 Å². The molecule has 5 nitrogen and oxygen atoms in total. The van der Waals surface area contributed by atoms with Crippen LogP contribution in [0.4, 0.5) is 4.79 Å². The van der Waals surface area contributed by atoms with Crippen LogP contribution >= 0.6 is 11.6 Å². The molecule has 0 saturated heterocycles. The lowest BCUT2D eigenvalue weighted by molar-refractivity contribution is -0.120. The van der Waals surface area contributed by atoms with Crippen LogP contribution in [0.25, 0.3) is 0 Å². The van der Waals surface area contributed by atoms with Gasteiger partial charge in [-0.3, -0.25) is 4.79 Å². The van der Waals surface area contributed by atoms with E-state index in [1.807, 2.05) is 12.1 Å². The summed E-state index contributed by atoms with van der Waals surface area (Å²) in [7, 11) is 0. The molecule has 1 saturated carbocycles. The van der Waals surface area contributed by atoms with Gasteiger partial charge in [0.2, 0.25) is 5.91 Å². The topological polar surface area (TPSA) is 70.2 Å². The molecule has 1 aliphatic rings. The molecule has 1 fully saturated rings. The van der Waals surface area contributed by atoms with Gasteiger partial charge in [-0.15, -0.1) is 0 Å². The highest BCUT2D eigenvalue weighted by atomic mass is 35.5. The first-order valence-corrected chi connectivity index (χ1v) is 6.98. The van der Waals surface area contributed by atoms with Crippen molar-refractivity contribution in [1.82, 2.24) is 16.0 Å². The van der Waals surface area contributed by atoms with E-state index in [0.29, 0.717) is 17.5 Å². The lowest BCUT2D eigenvalue weighted by atomic mass is 10.2. The van der Waals surface area contributed by atoms with Crippen LogP contribution in [0.2, 0.25) is 5.02 Å².